The van der Waals surface area contributed by atoms with E-state index in [9.17, 15) is 9.59 Å². The molecule has 0 aliphatic rings. The molecule has 0 atom stereocenters. The Morgan fingerprint density at radius 3 is 2.62 bits per heavy atom. The van der Waals surface area contributed by atoms with Crippen LogP contribution in [0.25, 0.3) is 10.4 Å². The lowest BCUT2D eigenvalue weighted by Gasteiger charge is -2.06. The second kappa shape index (κ2) is 8.35. The fourth-order valence-corrected chi connectivity index (χ4v) is 3.38. The van der Waals surface area contributed by atoms with Gasteiger partial charge in [-0.25, -0.2) is 0 Å². The summed E-state index contributed by atoms with van der Waals surface area (Å²) >= 11 is 1.32. The van der Waals surface area contributed by atoms with Crippen LogP contribution in [0.2, 0.25) is 0 Å². The standard InChI is InChI=1S/C19H18N2O4S/c1-24-15-10-16(13-6-3-2-4-7-13)26-18(15)19(23)21-12-17(22)20-11-14-8-5-9-25-14/h2-10H,11-12H2,1H3,(H,20,22)(H,21,23). The number of thiophene rings is 1. The monoisotopic (exact) mass is 370 g/mol. The number of carbonyl (C=O) groups is 2. The average Bonchev–Trinajstić information content (AvgIpc) is 3.34. The van der Waals surface area contributed by atoms with E-state index in [-0.39, 0.29) is 24.9 Å². The second-order valence-electron chi connectivity index (χ2n) is 5.41. The van der Waals surface area contributed by atoms with Gasteiger partial charge in [0.05, 0.1) is 26.5 Å². The summed E-state index contributed by atoms with van der Waals surface area (Å²) in [6, 6.07) is 15.1. The molecule has 7 heteroatoms. The fourth-order valence-electron chi connectivity index (χ4n) is 2.33. The minimum Gasteiger partial charge on any atom is -0.495 e. The summed E-state index contributed by atoms with van der Waals surface area (Å²) < 4.78 is 10.4. The van der Waals surface area contributed by atoms with E-state index >= 15 is 0 Å². The first-order chi connectivity index (χ1) is 12.7. The second-order valence-corrected chi connectivity index (χ2v) is 6.47. The highest BCUT2D eigenvalue weighted by molar-refractivity contribution is 7.17. The van der Waals surface area contributed by atoms with Crippen LogP contribution in [0.15, 0.2) is 59.2 Å². The lowest BCUT2D eigenvalue weighted by molar-refractivity contribution is -0.120. The molecule has 2 N–H and O–H groups in total. The quantitative estimate of drug-likeness (QED) is 0.670. The summed E-state index contributed by atoms with van der Waals surface area (Å²) in [5.41, 5.74) is 1.01. The number of hydrogen-bond acceptors (Lipinski definition) is 5. The third-order valence-corrected chi connectivity index (χ3v) is 4.80. The van der Waals surface area contributed by atoms with Crippen molar-refractivity contribution in [3.8, 4) is 16.2 Å². The lowest BCUT2D eigenvalue weighted by atomic mass is 10.2. The minimum atomic E-state index is -0.345. The smallest absolute Gasteiger partial charge is 0.265 e. The van der Waals surface area contributed by atoms with Crippen LogP contribution in [0.4, 0.5) is 0 Å². The predicted molar refractivity (Wildman–Crippen MR) is 99.2 cm³/mol. The number of hydrogen-bond donors (Lipinski definition) is 2. The Morgan fingerprint density at radius 1 is 1.12 bits per heavy atom. The average molecular weight is 370 g/mol. The summed E-state index contributed by atoms with van der Waals surface area (Å²) in [6.07, 6.45) is 1.54. The van der Waals surface area contributed by atoms with Gasteiger partial charge in [0.2, 0.25) is 5.91 Å². The van der Waals surface area contributed by atoms with E-state index in [1.54, 1.807) is 12.1 Å². The molecule has 134 valence electrons. The lowest BCUT2D eigenvalue weighted by Crippen LogP contribution is -2.36. The maximum Gasteiger partial charge on any atom is 0.265 e. The van der Waals surface area contributed by atoms with Crippen molar-refractivity contribution in [2.24, 2.45) is 0 Å². The molecule has 1 aromatic carbocycles. The van der Waals surface area contributed by atoms with Gasteiger partial charge in [-0.05, 0) is 23.8 Å². The Bertz CT molecular complexity index is 872. The van der Waals surface area contributed by atoms with E-state index in [0.717, 1.165) is 10.4 Å². The number of rotatable bonds is 7. The van der Waals surface area contributed by atoms with E-state index in [1.165, 1.54) is 24.7 Å². The Balaban J connectivity index is 1.60. The molecule has 3 aromatic rings. The number of carbonyl (C=O) groups excluding carboxylic acids is 2. The number of benzene rings is 1. The largest absolute Gasteiger partial charge is 0.495 e. The van der Waals surface area contributed by atoms with Crippen molar-refractivity contribution >= 4 is 23.2 Å². The SMILES string of the molecule is COc1cc(-c2ccccc2)sc1C(=O)NCC(=O)NCc1ccco1. The van der Waals surface area contributed by atoms with Crippen LogP contribution in [0.1, 0.15) is 15.4 Å². The van der Waals surface area contributed by atoms with Gasteiger partial charge in [-0.3, -0.25) is 9.59 Å². The molecule has 0 aliphatic heterocycles. The zero-order chi connectivity index (χ0) is 18.4. The minimum absolute atomic E-state index is 0.124. The number of amides is 2. The molecular formula is C19H18N2O4S. The van der Waals surface area contributed by atoms with E-state index in [1.807, 2.05) is 36.4 Å². The van der Waals surface area contributed by atoms with Crippen LogP contribution >= 0.6 is 11.3 Å². The molecule has 0 aliphatic carbocycles. The van der Waals surface area contributed by atoms with Crippen molar-refractivity contribution in [2.45, 2.75) is 6.54 Å². The maximum atomic E-state index is 12.4. The third-order valence-electron chi connectivity index (χ3n) is 3.63. The van der Waals surface area contributed by atoms with Crippen LogP contribution in [-0.4, -0.2) is 25.5 Å². The molecule has 0 spiro atoms. The van der Waals surface area contributed by atoms with Gasteiger partial charge in [-0.15, -0.1) is 11.3 Å². The molecule has 0 bridgehead atoms. The summed E-state index contributed by atoms with van der Waals surface area (Å²) in [7, 11) is 1.52. The topological polar surface area (TPSA) is 80.6 Å². The van der Waals surface area contributed by atoms with Gasteiger partial charge in [0.25, 0.3) is 5.91 Å². The van der Waals surface area contributed by atoms with Crippen molar-refractivity contribution in [1.82, 2.24) is 10.6 Å². The van der Waals surface area contributed by atoms with Crippen LogP contribution in [0, 0.1) is 0 Å². The van der Waals surface area contributed by atoms with Crippen molar-refractivity contribution in [3.05, 3.63) is 65.4 Å². The van der Waals surface area contributed by atoms with E-state index in [0.29, 0.717) is 16.4 Å². The molecule has 0 unspecified atom stereocenters. The van der Waals surface area contributed by atoms with E-state index in [4.69, 9.17) is 9.15 Å². The molecule has 26 heavy (non-hydrogen) atoms. The molecule has 2 heterocycles. The zero-order valence-corrected chi connectivity index (χ0v) is 15.0. The highest BCUT2D eigenvalue weighted by Gasteiger charge is 2.18. The first kappa shape index (κ1) is 17.8. The molecule has 0 saturated heterocycles. The first-order valence-electron chi connectivity index (χ1n) is 7.98. The number of nitrogens with one attached hydrogen (secondary N) is 2. The molecule has 2 aromatic heterocycles. The fraction of sp³-hybridized carbons (Fsp3) is 0.158. The summed E-state index contributed by atoms with van der Waals surface area (Å²) in [4.78, 5) is 25.6. The Hall–Kier alpha value is -3.06. The Kier molecular flexibility index (Phi) is 5.70. The van der Waals surface area contributed by atoms with Gasteiger partial charge in [0, 0.05) is 4.88 Å². The van der Waals surface area contributed by atoms with Crippen LogP contribution < -0.4 is 15.4 Å². The molecule has 2 amide bonds. The third kappa shape index (κ3) is 4.31. The summed E-state index contributed by atoms with van der Waals surface area (Å²) in [6.45, 7) is 0.156. The highest BCUT2D eigenvalue weighted by atomic mass is 32.1. The number of methoxy groups -OCH3 is 1. The zero-order valence-electron chi connectivity index (χ0n) is 14.2. The first-order valence-corrected chi connectivity index (χ1v) is 8.79. The van der Waals surface area contributed by atoms with Crippen LogP contribution in [0.5, 0.6) is 5.75 Å². The Morgan fingerprint density at radius 2 is 1.92 bits per heavy atom. The van der Waals surface area contributed by atoms with Gasteiger partial charge in [0.1, 0.15) is 16.4 Å². The summed E-state index contributed by atoms with van der Waals surface area (Å²) in [5, 5.41) is 5.29. The van der Waals surface area contributed by atoms with Gasteiger partial charge >= 0.3 is 0 Å². The molecule has 0 fully saturated rings. The van der Waals surface area contributed by atoms with E-state index in [2.05, 4.69) is 10.6 Å². The van der Waals surface area contributed by atoms with Gasteiger partial charge in [-0.2, -0.15) is 0 Å². The molecule has 3 rings (SSSR count). The van der Waals surface area contributed by atoms with Crippen molar-refractivity contribution in [1.29, 1.82) is 0 Å². The maximum absolute atomic E-state index is 12.4. The number of ether oxygens (including phenoxy) is 1. The molecule has 0 radical (unpaired) electrons. The molecular weight excluding hydrogens is 352 g/mol. The van der Waals surface area contributed by atoms with Crippen LogP contribution in [-0.2, 0) is 11.3 Å². The van der Waals surface area contributed by atoms with Crippen molar-refractivity contribution in [3.63, 3.8) is 0 Å². The van der Waals surface area contributed by atoms with Crippen LogP contribution in [0.3, 0.4) is 0 Å². The van der Waals surface area contributed by atoms with Crippen molar-refractivity contribution in [2.75, 3.05) is 13.7 Å². The highest BCUT2D eigenvalue weighted by Crippen LogP contribution is 2.36. The van der Waals surface area contributed by atoms with Gasteiger partial charge < -0.3 is 19.8 Å². The summed E-state index contributed by atoms with van der Waals surface area (Å²) in [5.74, 6) is 0.496. The van der Waals surface area contributed by atoms with E-state index < -0.39 is 0 Å². The van der Waals surface area contributed by atoms with Gasteiger partial charge in [0.15, 0.2) is 0 Å². The molecule has 0 saturated carbocycles. The number of furan rings is 1. The Labute approximate surface area is 154 Å². The van der Waals surface area contributed by atoms with Gasteiger partial charge in [-0.1, -0.05) is 30.3 Å². The van der Waals surface area contributed by atoms with Crippen molar-refractivity contribution < 1.29 is 18.7 Å². The molecule has 6 nitrogen and oxygen atoms in total. The predicted octanol–water partition coefficient (Wildman–Crippen LogP) is 3.06. The normalized spacial score (nSPS) is 10.3.